The van der Waals surface area contributed by atoms with Gasteiger partial charge < -0.3 is 20.9 Å². The van der Waals surface area contributed by atoms with E-state index in [9.17, 15) is 9.59 Å². The second-order valence-electron chi connectivity index (χ2n) is 8.48. The lowest BCUT2D eigenvalue weighted by Gasteiger charge is -2.48. The molecule has 3 N–H and O–H groups in total. The fourth-order valence-electron chi connectivity index (χ4n) is 5.72. The van der Waals surface area contributed by atoms with E-state index in [0.29, 0.717) is 12.3 Å². The molecule has 1 aliphatic carbocycles. The first-order valence-electron chi connectivity index (χ1n) is 10.2. The number of nitrogens with two attached hydrogens (primary N) is 1. The maximum absolute atomic E-state index is 13.0. The molecule has 0 aromatic carbocycles. The molecule has 0 spiro atoms. The van der Waals surface area contributed by atoms with E-state index in [1.807, 2.05) is 0 Å². The van der Waals surface area contributed by atoms with E-state index in [-0.39, 0.29) is 29.8 Å². The standard InChI is InChI=1S/C21H34N4O2/c1-6-15(7-2)20(13-21(22)19(27)24(4)12-18(26)23-21)14(3)25(5)17-11-9-8-10-16(17)20/h10-11,14-15H,6-9,12-13,22H2,1-5H3,(H,23,26)/t14-,20+,21?/m1/s1. The smallest absolute Gasteiger partial charge is 0.263 e. The molecule has 2 saturated heterocycles. The Morgan fingerprint density at radius 2 is 1.85 bits per heavy atom. The second kappa shape index (κ2) is 6.97. The summed E-state index contributed by atoms with van der Waals surface area (Å²) in [6.07, 6.45) is 9.15. The molecule has 3 aliphatic rings. The number of carbonyl (C=O) groups is 2. The van der Waals surface area contributed by atoms with Gasteiger partial charge in [0, 0.05) is 37.7 Å². The summed E-state index contributed by atoms with van der Waals surface area (Å²) in [5, 5.41) is 2.84. The van der Waals surface area contributed by atoms with Gasteiger partial charge in [-0.3, -0.25) is 9.59 Å². The van der Waals surface area contributed by atoms with Crippen molar-refractivity contribution in [1.29, 1.82) is 0 Å². The molecule has 3 atom stereocenters. The van der Waals surface area contributed by atoms with E-state index in [2.05, 4.69) is 50.2 Å². The van der Waals surface area contributed by atoms with Gasteiger partial charge in [0.1, 0.15) is 0 Å². The van der Waals surface area contributed by atoms with Crippen molar-refractivity contribution in [3.63, 3.8) is 0 Å². The van der Waals surface area contributed by atoms with Crippen LogP contribution in [0.15, 0.2) is 23.4 Å². The van der Waals surface area contributed by atoms with E-state index in [4.69, 9.17) is 5.73 Å². The van der Waals surface area contributed by atoms with Gasteiger partial charge in [-0.05, 0) is 31.3 Å². The minimum Gasteiger partial charge on any atom is -0.371 e. The number of amides is 2. The predicted molar refractivity (Wildman–Crippen MR) is 106 cm³/mol. The SMILES string of the molecule is CCC(CC)[C@@]1(CC2(N)NC(=O)CN(C)C2=O)C2=CCCC=C2N(C)[C@@H]1C. The lowest BCUT2D eigenvalue weighted by molar-refractivity contribution is -0.150. The van der Waals surface area contributed by atoms with Gasteiger partial charge in [0.25, 0.3) is 5.91 Å². The molecule has 1 unspecified atom stereocenters. The van der Waals surface area contributed by atoms with Crippen LogP contribution in [0, 0.1) is 11.3 Å². The van der Waals surface area contributed by atoms with Crippen LogP contribution in [0.2, 0.25) is 0 Å². The number of piperazine rings is 1. The van der Waals surface area contributed by atoms with E-state index in [1.165, 1.54) is 16.2 Å². The number of nitrogens with zero attached hydrogens (tertiary/aromatic N) is 2. The predicted octanol–water partition coefficient (Wildman–Crippen LogP) is 1.98. The van der Waals surface area contributed by atoms with Crippen molar-refractivity contribution in [2.24, 2.45) is 17.1 Å². The molecule has 0 aromatic heterocycles. The third-order valence-corrected chi connectivity index (χ3v) is 7.09. The number of fused-ring (bicyclic) bond motifs is 1. The van der Waals surface area contributed by atoms with Crippen molar-refractivity contribution in [2.75, 3.05) is 20.6 Å². The summed E-state index contributed by atoms with van der Waals surface area (Å²) in [7, 11) is 3.79. The van der Waals surface area contributed by atoms with E-state index in [1.54, 1.807) is 7.05 Å². The molecule has 3 rings (SSSR count). The highest BCUT2D eigenvalue weighted by Gasteiger charge is 2.59. The first-order valence-corrected chi connectivity index (χ1v) is 10.2. The molecule has 27 heavy (non-hydrogen) atoms. The lowest BCUT2D eigenvalue weighted by Crippen LogP contribution is -2.72. The van der Waals surface area contributed by atoms with Crippen molar-refractivity contribution in [3.05, 3.63) is 23.4 Å². The van der Waals surface area contributed by atoms with Gasteiger partial charge >= 0.3 is 0 Å². The highest BCUT2D eigenvalue weighted by molar-refractivity contribution is 5.97. The van der Waals surface area contributed by atoms with Crippen LogP contribution >= 0.6 is 0 Å². The van der Waals surface area contributed by atoms with Gasteiger partial charge in [-0.1, -0.05) is 38.8 Å². The maximum atomic E-state index is 13.0. The lowest BCUT2D eigenvalue weighted by atomic mass is 9.60. The Kier molecular flexibility index (Phi) is 5.14. The molecule has 2 amide bonds. The summed E-state index contributed by atoms with van der Waals surface area (Å²) < 4.78 is 0. The van der Waals surface area contributed by atoms with Crippen LogP contribution in [-0.2, 0) is 9.59 Å². The number of allylic oxidation sites excluding steroid dienone is 3. The zero-order valence-electron chi connectivity index (χ0n) is 17.3. The average molecular weight is 375 g/mol. The molecule has 150 valence electrons. The number of likely N-dealkylation sites (N-methyl/N-ethyl adjacent to an activating group) is 2. The van der Waals surface area contributed by atoms with Crippen LogP contribution in [-0.4, -0.2) is 54.0 Å². The number of rotatable bonds is 5. The van der Waals surface area contributed by atoms with Crippen LogP contribution in [0.25, 0.3) is 0 Å². The number of hydrogen-bond acceptors (Lipinski definition) is 4. The zero-order chi connectivity index (χ0) is 20.0. The molecule has 2 aliphatic heterocycles. The van der Waals surface area contributed by atoms with Crippen LogP contribution in [0.1, 0.15) is 52.9 Å². The molecule has 2 heterocycles. The average Bonchev–Trinajstić information content (AvgIpc) is 2.84. The molecular formula is C21H34N4O2. The van der Waals surface area contributed by atoms with Gasteiger partial charge in [-0.25, -0.2) is 0 Å². The summed E-state index contributed by atoms with van der Waals surface area (Å²) >= 11 is 0. The first-order chi connectivity index (χ1) is 12.7. The molecule has 0 saturated carbocycles. The van der Waals surface area contributed by atoms with Gasteiger partial charge in [0.05, 0.1) is 6.54 Å². The van der Waals surface area contributed by atoms with Crippen LogP contribution in [0.5, 0.6) is 0 Å². The summed E-state index contributed by atoms with van der Waals surface area (Å²) in [6, 6.07) is 0.204. The minimum absolute atomic E-state index is 0.0685. The fourth-order valence-corrected chi connectivity index (χ4v) is 5.72. The Bertz CT molecular complexity index is 696. The van der Waals surface area contributed by atoms with Crippen LogP contribution in [0.4, 0.5) is 0 Å². The van der Waals surface area contributed by atoms with E-state index in [0.717, 1.165) is 25.7 Å². The summed E-state index contributed by atoms with van der Waals surface area (Å²) in [5.74, 6) is -0.00891. The monoisotopic (exact) mass is 374 g/mol. The van der Waals surface area contributed by atoms with Crippen molar-refractivity contribution in [2.45, 2.75) is 64.6 Å². The van der Waals surface area contributed by atoms with E-state index < -0.39 is 5.66 Å². The van der Waals surface area contributed by atoms with Crippen LogP contribution < -0.4 is 11.1 Å². The second-order valence-corrected chi connectivity index (χ2v) is 8.48. The third kappa shape index (κ3) is 2.89. The van der Waals surface area contributed by atoms with Crippen molar-refractivity contribution in [1.82, 2.24) is 15.1 Å². The summed E-state index contributed by atoms with van der Waals surface area (Å²) in [4.78, 5) is 29.0. The normalized spacial score (nSPS) is 33.8. The number of hydrogen-bond donors (Lipinski definition) is 2. The number of nitrogens with one attached hydrogen (secondary N) is 1. The topological polar surface area (TPSA) is 78.7 Å². The van der Waals surface area contributed by atoms with Crippen molar-refractivity contribution < 1.29 is 9.59 Å². The highest BCUT2D eigenvalue weighted by Crippen LogP contribution is 2.58. The summed E-state index contributed by atoms with van der Waals surface area (Å²) in [5.41, 5.74) is 7.60. The molecular weight excluding hydrogens is 340 g/mol. The molecule has 2 fully saturated rings. The Morgan fingerprint density at radius 1 is 1.22 bits per heavy atom. The molecule has 6 nitrogen and oxygen atoms in total. The Hall–Kier alpha value is -1.82. The minimum atomic E-state index is -1.37. The number of likely N-dealkylation sites (tertiary alicyclic amines) is 1. The Morgan fingerprint density at radius 3 is 2.48 bits per heavy atom. The van der Waals surface area contributed by atoms with Crippen molar-refractivity contribution >= 4 is 11.8 Å². The maximum Gasteiger partial charge on any atom is 0.263 e. The first kappa shape index (κ1) is 19.9. The van der Waals surface area contributed by atoms with Gasteiger partial charge in [0.2, 0.25) is 5.91 Å². The number of carbonyl (C=O) groups excluding carboxylic acids is 2. The quantitative estimate of drug-likeness (QED) is 0.771. The molecule has 0 radical (unpaired) electrons. The Labute approximate surface area is 162 Å². The Balaban J connectivity index is 2.13. The van der Waals surface area contributed by atoms with Gasteiger partial charge in [-0.2, -0.15) is 0 Å². The zero-order valence-corrected chi connectivity index (χ0v) is 17.3. The van der Waals surface area contributed by atoms with Gasteiger partial charge in [0.15, 0.2) is 5.66 Å². The fraction of sp³-hybridized carbons (Fsp3) is 0.714. The largest absolute Gasteiger partial charge is 0.371 e. The highest BCUT2D eigenvalue weighted by atomic mass is 16.2. The van der Waals surface area contributed by atoms with Crippen molar-refractivity contribution in [3.8, 4) is 0 Å². The molecule has 0 aromatic rings. The summed E-state index contributed by atoms with van der Waals surface area (Å²) in [6.45, 7) is 6.73. The molecule has 6 heteroatoms. The molecule has 0 bridgehead atoms. The van der Waals surface area contributed by atoms with Crippen LogP contribution in [0.3, 0.4) is 0 Å². The van der Waals surface area contributed by atoms with Gasteiger partial charge in [-0.15, -0.1) is 0 Å². The third-order valence-electron chi connectivity index (χ3n) is 7.09. The van der Waals surface area contributed by atoms with E-state index >= 15 is 0 Å².